The quantitative estimate of drug-likeness (QED) is 0.508. The molecule has 28 heavy (non-hydrogen) atoms. The molecule has 1 aromatic heterocycles. The number of hydrogen-bond acceptors (Lipinski definition) is 4. The molecule has 0 N–H and O–H groups in total. The summed E-state index contributed by atoms with van der Waals surface area (Å²) >= 11 is 0. The standard InChI is InChI=1S/C23H18N2O3/c1-25-20(19-17(23(25)28)13-8-14-24-19)18(21(26)15-9-4-2-5-10-15)22(27)16-11-6-3-7-12-16/h2-14,18,20H,1H3. The number of nitrogens with zero attached hydrogens (tertiary/aromatic N) is 2. The highest BCUT2D eigenvalue weighted by Gasteiger charge is 2.46. The third-order valence-electron chi connectivity index (χ3n) is 5.08. The Morgan fingerprint density at radius 3 is 1.93 bits per heavy atom. The molecule has 1 aliphatic rings. The lowest BCUT2D eigenvalue weighted by atomic mass is 9.83. The molecule has 2 heterocycles. The number of benzene rings is 2. The van der Waals surface area contributed by atoms with E-state index in [9.17, 15) is 14.4 Å². The topological polar surface area (TPSA) is 67.3 Å². The Hall–Kier alpha value is -3.60. The Balaban J connectivity index is 1.85. The molecule has 1 unspecified atom stereocenters. The maximum absolute atomic E-state index is 13.4. The third-order valence-corrected chi connectivity index (χ3v) is 5.08. The molecule has 1 atom stereocenters. The minimum Gasteiger partial charge on any atom is -0.332 e. The fourth-order valence-electron chi connectivity index (χ4n) is 3.69. The highest BCUT2D eigenvalue weighted by Crippen LogP contribution is 2.39. The van der Waals surface area contributed by atoms with Crippen molar-refractivity contribution in [3.8, 4) is 0 Å². The van der Waals surface area contributed by atoms with Gasteiger partial charge in [0.25, 0.3) is 5.91 Å². The Labute approximate surface area is 162 Å². The van der Waals surface area contributed by atoms with Crippen molar-refractivity contribution < 1.29 is 14.4 Å². The van der Waals surface area contributed by atoms with E-state index in [4.69, 9.17) is 0 Å². The van der Waals surface area contributed by atoms with Gasteiger partial charge in [-0.3, -0.25) is 19.4 Å². The molecule has 0 fully saturated rings. The molecule has 0 spiro atoms. The number of fused-ring (bicyclic) bond motifs is 1. The van der Waals surface area contributed by atoms with Crippen LogP contribution in [0.4, 0.5) is 0 Å². The zero-order valence-electron chi connectivity index (χ0n) is 15.3. The number of Topliss-reactive ketones (excluding diaryl/α,β-unsaturated/α-hetero) is 2. The summed E-state index contributed by atoms with van der Waals surface area (Å²) in [5, 5.41) is 0. The van der Waals surface area contributed by atoms with Crippen LogP contribution < -0.4 is 0 Å². The van der Waals surface area contributed by atoms with Crippen molar-refractivity contribution in [3.05, 3.63) is 101 Å². The Bertz CT molecular complexity index is 996. The minimum absolute atomic E-state index is 0.236. The SMILES string of the molecule is CN1C(=O)c2cccnc2C1C(C(=O)c1ccccc1)C(=O)c1ccccc1. The normalized spacial score (nSPS) is 15.6. The number of hydrogen-bond donors (Lipinski definition) is 0. The molecular weight excluding hydrogens is 352 g/mol. The van der Waals surface area contributed by atoms with Crippen LogP contribution in [0.3, 0.4) is 0 Å². The first kappa shape index (κ1) is 17.8. The first-order chi connectivity index (χ1) is 13.6. The summed E-state index contributed by atoms with van der Waals surface area (Å²) in [7, 11) is 1.61. The molecule has 1 aliphatic heterocycles. The molecule has 0 bridgehead atoms. The highest BCUT2D eigenvalue weighted by molar-refractivity contribution is 6.17. The van der Waals surface area contributed by atoms with E-state index < -0.39 is 12.0 Å². The molecular formula is C23H18N2O3. The first-order valence-corrected chi connectivity index (χ1v) is 9.00. The van der Waals surface area contributed by atoms with E-state index in [0.29, 0.717) is 22.4 Å². The van der Waals surface area contributed by atoms with E-state index in [1.807, 2.05) is 12.1 Å². The van der Waals surface area contributed by atoms with E-state index in [1.165, 1.54) is 4.90 Å². The molecule has 0 saturated heterocycles. The van der Waals surface area contributed by atoms with Crippen LogP contribution in [-0.2, 0) is 0 Å². The summed E-state index contributed by atoms with van der Waals surface area (Å²) in [4.78, 5) is 45.3. The average Bonchev–Trinajstić information content (AvgIpc) is 3.00. The second kappa shape index (κ2) is 7.19. The number of carbonyl (C=O) groups excluding carboxylic acids is 3. The molecule has 0 aliphatic carbocycles. The van der Waals surface area contributed by atoms with Crippen molar-refractivity contribution in [2.24, 2.45) is 5.92 Å². The summed E-state index contributed by atoms with van der Waals surface area (Å²) in [6, 6.07) is 20.0. The van der Waals surface area contributed by atoms with Crippen molar-refractivity contribution >= 4 is 17.5 Å². The van der Waals surface area contributed by atoms with Gasteiger partial charge in [-0.15, -0.1) is 0 Å². The Morgan fingerprint density at radius 2 is 1.39 bits per heavy atom. The molecule has 5 heteroatoms. The Morgan fingerprint density at radius 1 is 0.857 bits per heavy atom. The smallest absolute Gasteiger partial charge is 0.256 e. The van der Waals surface area contributed by atoms with Crippen molar-refractivity contribution in [3.63, 3.8) is 0 Å². The number of carbonyl (C=O) groups is 3. The predicted octanol–water partition coefficient (Wildman–Crippen LogP) is 3.59. The fraction of sp³-hybridized carbons (Fsp3) is 0.130. The molecule has 4 rings (SSSR count). The van der Waals surface area contributed by atoms with Crippen molar-refractivity contribution in [2.45, 2.75) is 6.04 Å². The van der Waals surface area contributed by atoms with Crippen LogP contribution >= 0.6 is 0 Å². The van der Waals surface area contributed by atoms with Crippen molar-refractivity contribution in [1.82, 2.24) is 9.88 Å². The van der Waals surface area contributed by atoms with Crippen molar-refractivity contribution in [1.29, 1.82) is 0 Å². The first-order valence-electron chi connectivity index (χ1n) is 9.00. The van der Waals surface area contributed by atoms with Crippen LogP contribution in [0.25, 0.3) is 0 Å². The number of aromatic nitrogens is 1. The molecule has 2 aromatic carbocycles. The predicted molar refractivity (Wildman–Crippen MR) is 104 cm³/mol. The van der Waals surface area contributed by atoms with Crippen LogP contribution in [-0.4, -0.2) is 34.4 Å². The van der Waals surface area contributed by atoms with Crippen LogP contribution in [0.15, 0.2) is 79.0 Å². The zero-order valence-corrected chi connectivity index (χ0v) is 15.3. The summed E-state index contributed by atoms with van der Waals surface area (Å²) in [5.74, 6) is -1.95. The van der Waals surface area contributed by atoms with Gasteiger partial charge in [-0.25, -0.2) is 0 Å². The number of ketones is 2. The van der Waals surface area contributed by atoms with Gasteiger partial charge in [-0.2, -0.15) is 0 Å². The van der Waals surface area contributed by atoms with E-state index in [1.54, 1.807) is 73.9 Å². The lowest BCUT2D eigenvalue weighted by Gasteiger charge is -2.27. The number of rotatable bonds is 5. The highest BCUT2D eigenvalue weighted by atomic mass is 16.2. The van der Waals surface area contributed by atoms with Gasteiger partial charge in [0.05, 0.1) is 17.3 Å². The fourth-order valence-corrected chi connectivity index (χ4v) is 3.69. The van der Waals surface area contributed by atoms with Gasteiger partial charge in [0.15, 0.2) is 11.6 Å². The van der Waals surface area contributed by atoms with E-state index in [2.05, 4.69) is 4.98 Å². The van der Waals surface area contributed by atoms with Gasteiger partial charge in [0, 0.05) is 24.4 Å². The van der Waals surface area contributed by atoms with Gasteiger partial charge in [0.2, 0.25) is 0 Å². The van der Waals surface area contributed by atoms with Crippen LogP contribution in [0.1, 0.15) is 42.8 Å². The summed E-state index contributed by atoms with van der Waals surface area (Å²) in [6.07, 6.45) is 1.58. The minimum atomic E-state index is -1.07. The van der Waals surface area contributed by atoms with E-state index >= 15 is 0 Å². The van der Waals surface area contributed by atoms with Gasteiger partial charge in [0.1, 0.15) is 5.92 Å². The van der Waals surface area contributed by atoms with Gasteiger partial charge >= 0.3 is 0 Å². The van der Waals surface area contributed by atoms with Crippen LogP contribution in [0.5, 0.6) is 0 Å². The summed E-state index contributed by atoms with van der Waals surface area (Å²) in [5.41, 5.74) is 1.76. The summed E-state index contributed by atoms with van der Waals surface area (Å²) < 4.78 is 0. The maximum atomic E-state index is 13.4. The number of amides is 1. The lowest BCUT2D eigenvalue weighted by Crippen LogP contribution is -2.38. The van der Waals surface area contributed by atoms with Crippen molar-refractivity contribution in [2.75, 3.05) is 7.05 Å². The van der Waals surface area contributed by atoms with Crippen LogP contribution in [0, 0.1) is 5.92 Å². The molecule has 0 saturated carbocycles. The number of pyridine rings is 1. The maximum Gasteiger partial charge on any atom is 0.256 e. The Kier molecular flexibility index (Phi) is 4.57. The third kappa shape index (κ3) is 2.91. The molecule has 5 nitrogen and oxygen atoms in total. The molecule has 0 radical (unpaired) electrons. The van der Waals surface area contributed by atoms with E-state index in [-0.39, 0.29) is 17.5 Å². The van der Waals surface area contributed by atoms with E-state index in [0.717, 1.165) is 0 Å². The van der Waals surface area contributed by atoms with Gasteiger partial charge in [-0.1, -0.05) is 60.7 Å². The van der Waals surface area contributed by atoms with Crippen LogP contribution in [0.2, 0.25) is 0 Å². The second-order valence-corrected chi connectivity index (χ2v) is 6.74. The largest absolute Gasteiger partial charge is 0.332 e. The zero-order chi connectivity index (χ0) is 19.7. The monoisotopic (exact) mass is 370 g/mol. The van der Waals surface area contributed by atoms with Gasteiger partial charge in [-0.05, 0) is 12.1 Å². The van der Waals surface area contributed by atoms with Gasteiger partial charge < -0.3 is 4.90 Å². The average molecular weight is 370 g/mol. The molecule has 1 amide bonds. The lowest BCUT2D eigenvalue weighted by molar-refractivity contribution is 0.0630. The molecule has 138 valence electrons. The molecule has 3 aromatic rings. The second-order valence-electron chi connectivity index (χ2n) is 6.74. The summed E-state index contributed by atoms with van der Waals surface area (Å²) in [6.45, 7) is 0.